The highest BCUT2D eigenvalue weighted by Crippen LogP contribution is 2.25. The van der Waals surface area contributed by atoms with Gasteiger partial charge in [-0.3, -0.25) is 4.90 Å². The van der Waals surface area contributed by atoms with Crippen molar-refractivity contribution in [3.63, 3.8) is 0 Å². The van der Waals surface area contributed by atoms with Crippen molar-refractivity contribution in [3.05, 3.63) is 29.0 Å². The number of hydrogen-bond acceptors (Lipinski definition) is 4. The van der Waals surface area contributed by atoms with Crippen LogP contribution in [0.15, 0.2) is 17.8 Å². The molecule has 1 amide bonds. The molecule has 2 N–H and O–H groups in total. The highest BCUT2D eigenvalue weighted by Gasteiger charge is 2.23. The summed E-state index contributed by atoms with van der Waals surface area (Å²) in [5, 5.41) is 11.0. The molecular weight excluding hydrogens is 258 g/mol. The van der Waals surface area contributed by atoms with E-state index in [1.165, 1.54) is 16.4 Å². The van der Waals surface area contributed by atoms with Gasteiger partial charge in [0.05, 0.1) is 28.2 Å². The standard InChI is InChI=1S/C10H9N3O2S2/c14-10(15)13-3-6-5-16-8-1-11-2-9(8)17-12-7(6)4-13/h1-2,5,11H,3-4H2,(H,14,15). The maximum absolute atomic E-state index is 10.9. The quantitative estimate of drug-likeness (QED) is 0.771. The number of nitrogens with zero attached hydrogens (tertiary/aromatic N) is 2. The van der Waals surface area contributed by atoms with E-state index in [2.05, 4.69) is 9.36 Å². The topological polar surface area (TPSA) is 69.2 Å². The van der Waals surface area contributed by atoms with Crippen molar-refractivity contribution in [1.82, 2.24) is 14.3 Å². The van der Waals surface area contributed by atoms with Crippen LogP contribution in [0.25, 0.3) is 9.40 Å². The first kappa shape index (κ1) is 10.5. The number of fused-ring (bicyclic) bond motifs is 2. The minimum atomic E-state index is -0.893. The Morgan fingerprint density at radius 1 is 1.41 bits per heavy atom. The molecule has 0 unspecified atom stereocenters. The van der Waals surface area contributed by atoms with Gasteiger partial charge in [-0.2, -0.15) is 4.37 Å². The molecule has 17 heavy (non-hydrogen) atoms. The Balaban J connectivity index is 2.11. The molecule has 3 rings (SSSR count). The molecule has 0 saturated heterocycles. The number of rotatable bonds is 0. The van der Waals surface area contributed by atoms with E-state index in [9.17, 15) is 4.79 Å². The van der Waals surface area contributed by atoms with E-state index in [0.29, 0.717) is 13.1 Å². The van der Waals surface area contributed by atoms with Gasteiger partial charge in [0.1, 0.15) is 0 Å². The zero-order valence-corrected chi connectivity index (χ0v) is 10.3. The first-order valence-electron chi connectivity index (χ1n) is 4.98. The van der Waals surface area contributed by atoms with Gasteiger partial charge in [0, 0.05) is 18.0 Å². The number of H-pyrrole nitrogens is 1. The number of aromatic nitrogens is 2. The molecular formula is C10H9N3O2S2. The van der Waals surface area contributed by atoms with Crippen molar-refractivity contribution >= 4 is 38.4 Å². The Morgan fingerprint density at radius 2 is 2.24 bits per heavy atom. The minimum Gasteiger partial charge on any atom is -0.465 e. The number of carboxylic acid groups (broad SMARTS) is 1. The van der Waals surface area contributed by atoms with Crippen molar-refractivity contribution in [2.24, 2.45) is 0 Å². The summed E-state index contributed by atoms with van der Waals surface area (Å²) in [6.45, 7) is 0.815. The molecule has 0 aromatic carbocycles. The van der Waals surface area contributed by atoms with Gasteiger partial charge in [-0.25, -0.2) is 4.79 Å². The van der Waals surface area contributed by atoms with E-state index in [1.54, 1.807) is 11.3 Å². The van der Waals surface area contributed by atoms with Gasteiger partial charge in [0.2, 0.25) is 0 Å². The van der Waals surface area contributed by atoms with Crippen molar-refractivity contribution in [3.8, 4) is 0 Å². The van der Waals surface area contributed by atoms with Gasteiger partial charge >= 0.3 is 6.09 Å². The van der Waals surface area contributed by atoms with Crippen molar-refractivity contribution in [2.45, 2.75) is 13.1 Å². The third-order valence-corrected chi connectivity index (χ3v) is 4.57. The number of nitrogens with one attached hydrogen (secondary N) is 1. The molecule has 1 aliphatic heterocycles. The minimum absolute atomic E-state index is 0.383. The largest absolute Gasteiger partial charge is 0.465 e. The number of aromatic amines is 1. The van der Waals surface area contributed by atoms with Gasteiger partial charge in [0.25, 0.3) is 0 Å². The third kappa shape index (κ3) is 1.87. The molecule has 0 bridgehead atoms. The average Bonchev–Trinajstić information content (AvgIpc) is 2.86. The second kappa shape index (κ2) is 4.01. The predicted molar refractivity (Wildman–Crippen MR) is 66.7 cm³/mol. The number of amides is 1. The van der Waals surface area contributed by atoms with E-state index in [1.807, 2.05) is 17.8 Å². The van der Waals surface area contributed by atoms with Crippen LogP contribution in [0.3, 0.4) is 0 Å². The van der Waals surface area contributed by atoms with Crippen molar-refractivity contribution < 1.29 is 9.90 Å². The van der Waals surface area contributed by atoms with Crippen LogP contribution in [0.2, 0.25) is 0 Å². The average molecular weight is 267 g/mol. The normalized spacial score (nSPS) is 13.8. The first-order valence-corrected chi connectivity index (χ1v) is 6.64. The molecule has 7 heteroatoms. The summed E-state index contributed by atoms with van der Waals surface area (Å²) >= 11 is 3.00. The van der Waals surface area contributed by atoms with Gasteiger partial charge in [-0.15, -0.1) is 11.3 Å². The van der Waals surface area contributed by atoms with Crippen molar-refractivity contribution in [2.75, 3.05) is 0 Å². The molecule has 2 aromatic rings. The zero-order valence-electron chi connectivity index (χ0n) is 8.71. The van der Waals surface area contributed by atoms with Crippen LogP contribution in [0.1, 0.15) is 11.3 Å². The molecule has 0 atom stereocenters. The summed E-state index contributed by atoms with van der Waals surface area (Å²) < 4.78 is 6.62. The Bertz CT molecular complexity index is 581. The Kier molecular flexibility index (Phi) is 2.49. The van der Waals surface area contributed by atoms with Gasteiger partial charge in [0.15, 0.2) is 0 Å². The zero-order chi connectivity index (χ0) is 11.8. The van der Waals surface area contributed by atoms with Crippen LogP contribution in [0, 0.1) is 0 Å². The molecule has 0 spiro atoms. The van der Waals surface area contributed by atoms with Crippen LogP contribution in [-0.4, -0.2) is 25.5 Å². The second-order valence-electron chi connectivity index (χ2n) is 3.71. The molecule has 2 aromatic heterocycles. The lowest BCUT2D eigenvalue weighted by atomic mass is 10.3. The van der Waals surface area contributed by atoms with E-state index in [4.69, 9.17) is 5.11 Å². The lowest BCUT2D eigenvalue weighted by Gasteiger charge is -2.08. The summed E-state index contributed by atoms with van der Waals surface area (Å²) in [5.74, 6) is 0. The molecule has 0 saturated carbocycles. The van der Waals surface area contributed by atoms with Gasteiger partial charge < -0.3 is 10.1 Å². The highest BCUT2D eigenvalue weighted by atomic mass is 32.1. The molecule has 0 aliphatic carbocycles. The molecule has 1 aliphatic rings. The maximum atomic E-state index is 10.9. The molecule has 5 nitrogen and oxygen atoms in total. The smallest absolute Gasteiger partial charge is 0.407 e. The fourth-order valence-electron chi connectivity index (χ4n) is 1.70. The number of carbonyl (C=O) groups is 1. The van der Waals surface area contributed by atoms with E-state index < -0.39 is 6.09 Å². The maximum Gasteiger partial charge on any atom is 0.407 e. The van der Waals surface area contributed by atoms with Crippen LogP contribution >= 0.6 is 22.9 Å². The lowest BCUT2D eigenvalue weighted by Crippen LogP contribution is -2.22. The monoisotopic (exact) mass is 267 g/mol. The summed E-state index contributed by atoms with van der Waals surface area (Å²) in [6, 6.07) is 0. The summed E-state index contributed by atoms with van der Waals surface area (Å²) in [7, 11) is 0. The molecule has 3 heterocycles. The van der Waals surface area contributed by atoms with Crippen LogP contribution < -0.4 is 0 Å². The molecule has 0 fully saturated rings. The van der Waals surface area contributed by atoms with Crippen molar-refractivity contribution in [1.29, 1.82) is 0 Å². The summed E-state index contributed by atoms with van der Waals surface area (Å²) in [4.78, 5) is 15.3. The van der Waals surface area contributed by atoms with Crippen LogP contribution in [0.5, 0.6) is 0 Å². The summed E-state index contributed by atoms with van der Waals surface area (Å²) in [6.07, 6.45) is 2.93. The second-order valence-corrected chi connectivity index (χ2v) is 5.43. The predicted octanol–water partition coefficient (Wildman–Crippen LogP) is 2.80. The fraction of sp³-hybridized carbons (Fsp3) is 0.200. The Hall–Kier alpha value is -1.60. The molecule has 88 valence electrons. The third-order valence-electron chi connectivity index (χ3n) is 2.60. The Labute approximate surface area is 105 Å². The highest BCUT2D eigenvalue weighted by molar-refractivity contribution is 7.22. The SMILES string of the molecule is O=C(O)N1Cc2csc3c[nH]cc3snc2C1. The van der Waals surface area contributed by atoms with E-state index in [0.717, 1.165) is 20.7 Å². The van der Waals surface area contributed by atoms with Crippen LogP contribution in [0.4, 0.5) is 4.79 Å². The first-order chi connectivity index (χ1) is 8.24. The van der Waals surface area contributed by atoms with Gasteiger partial charge in [-0.05, 0) is 16.9 Å². The summed E-state index contributed by atoms with van der Waals surface area (Å²) in [5.41, 5.74) is 1.86. The van der Waals surface area contributed by atoms with E-state index >= 15 is 0 Å². The fourth-order valence-corrected chi connectivity index (χ4v) is 3.40. The number of hydrogen-bond donors (Lipinski definition) is 2. The van der Waals surface area contributed by atoms with Gasteiger partial charge in [-0.1, -0.05) is 0 Å². The van der Waals surface area contributed by atoms with E-state index in [-0.39, 0.29) is 0 Å². The molecule has 0 radical (unpaired) electrons. The Morgan fingerprint density at radius 3 is 3.06 bits per heavy atom. The lowest BCUT2D eigenvalue weighted by molar-refractivity contribution is 0.145. The van der Waals surface area contributed by atoms with Crippen LogP contribution in [-0.2, 0) is 13.1 Å².